The summed E-state index contributed by atoms with van der Waals surface area (Å²) in [5, 5.41) is 0. The molecule has 2 unspecified atom stereocenters. The fraction of sp³-hybridized carbons (Fsp3) is 0.933. The van der Waals surface area contributed by atoms with Gasteiger partial charge in [-0.15, -0.1) is 0 Å². The first-order valence-corrected chi connectivity index (χ1v) is 7.52. The molecule has 0 aromatic carbocycles. The van der Waals surface area contributed by atoms with Crippen LogP contribution in [0.25, 0.3) is 0 Å². The normalized spacial score (nSPS) is 19.7. The molecule has 20 heavy (non-hydrogen) atoms. The molecule has 5 nitrogen and oxygen atoms in total. The second-order valence-corrected chi connectivity index (χ2v) is 6.12. The lowest BCUT2D eigenvalue weighted by Crippen LogP contribution is -2.46. The number of rotatable bonds is 10. The Morgan fingerprint density at radius 3 is 2.55 bits per heavy atom. The molecule has 0 saturated heterocycles. The first-order valence-electron chi connectivity index (χ1n) is 7.52. The molecule has 118 valence electrons. The summed E-state index contributed by atoms with van der Waals surface area (Å²) in [6, 6.07) is 0.590. The Hall–Kier alpha value is -0.650. The lowest BCUT2D eigenvalue weighted by atomic mass is 9.97. The average Bonchev–Trinajstić information content (AvgIpc) is 3.25. The molecule has 0 aliphatic heterocycles. The number of carbonyl (C=O) groups is 1. The van der Waals surface area contributed by atoms with Crippen LogP contribution in [0.2, 0.25) is 0 Å². The molecule has 1 aliphatic rings. The standard InChI is InChI=1S/C15H30N2O3/c1-12(13-6-7-13)17(10-11-19-3)9-5-8-15(2,16)14(18)20-4/h12-13H,5-11,16H2,1-4H3. The van der Waals surface area contributed by atoms with Crippen molar-refractivity contribution >= 4 is 5.97 Å². The van der Waals surface area contributed by atoms with Gasteiger partial charge in [0.05, 0.1) is 13.7 Å². The number of nitrogens with zero attached hydrogens (tertiary/aromatic N) is 1. The summed E-state index contributed by atoms with van der Waals surface area (Å²) < 4.78 is 9.92. The van der Waals surface area contributed by atoms with Crippen LogP contribution in [-0.4, -0.2) is 56.4 Å². The molecule has 0 bridgehead atoms. The number of nitrogens with two attached hydrogens (primary N) is 1. The van der Waals surface area contributed by atoms with E-state index in [-0.39, 0.29) is 5.97 Å². The number of ether oxygens (including phenoxy) is 2. The van der Waals surface area contributed by atoms with Crippen molar-refractivity contribution in [2.45, 2.75) is 51.1 Å². The zero-order chi connectivity index (χ0) is 15.2. The van der Waals surface area contributed by atoms with E-state index in [0.717, 1.165) is 32.0 Å². The van der Waals surface area contributed by atoms with Crippen molar-refractivity contribution in [2.24, 2.45) is 11.7 Å². The highest BCUT2D eigenvalue weighted by Crippen LogP contribution is 2.35. The number of carbonyl (C=O) groups excluding carboxylic acids is 1. The molecule has 0 aromatic rings. The molecule has 0 radical (unpaired) electrons. The van der Waals surface area contributed by atoms with Crippen LogP contribution in [0.5, 0.6) is 0 Å². The third-order valence-electron chi connectivity index (χ3n) is 4.26. The van der Waals surface area contributed by atoms with Crippen molar-refractivity contribution in [1.82, 2.24) is 4.90 Å². The number of hydrogen-bond acceptors (Lipinski definition) is 5. The van der Waals surface area contributed by atoms with Crippen LogP contribution in [0.15, 0.2) is 0 Å². The van der Waals surface area contributed by atoms with E-state index >= 15 is 0 Å². The van der Waals surface area contributed by atoms with Crippen molar-refractivity contribution in [3.8, 4) is 0 Å². The number of methoxy groups -OCH3 is 2. The molecule has 2 N–H and O–H groups in total. The van der Waals surface area contributed by atoms with Crippen LogP contribution in [0, 0.1) is 5.92 Å². The molecule has 0 amide bonds. The first kappa shape index (κ1) is 17.4. The minimum Gasteiger partial charge on any atom is -0.468 e. The van der Waals surface area contributed by atoms with Crippen LogP contribution in [0.3, 0.4) is 0 Å². The Balaban J connectivity index is 2.39. The Bertz CT molecular complexity index is 303. The van der Waals surface area contributed by atoms with Crippen molar-refractivity contribution < 1.29 is 14.3 Å². The highest BCUT2D eigenvalue weighted by Gasteiger charge is 2.33. The van der Waals surface area contributed by atoms with E-state index in [1.54, 1.807) is 14.0 Å². The topological polar surface area (TPSA) is 64.8 Å². The maximum atomic E-state index is 11.6. The summed E-state index contributed by atoms with van der Waals surface area (Å²) in [7, 11) is 3.11. The molecule has 2 atom stereocenters. The van der Waals surface area contributed by atoms with Crippen molar-refractivity contribution in [3.63, 3.8) is 0 Å². The molecular formula is C15H30N2O3. The maximum absolute atomic E-state index is 11.6. The lowest BCUT2D eigenvalue weighted by Gasteiger charge is -2.30. The Morgan fingerprint density at radius 1 is 1.40 bits per heavy atom. The highest BCUT2D eigenvalue weighted by molar-refractivity contribution is 5.79. The van der Waals surface area contributed by atoms with E-state index in [1.807, 2.05) is 0 Å². The minimum absolute atomic E-state index is 0.337. The monoisotopic (exact) mass is 286 g/mol. The molecule has 0 heterocycles. The van der Waals surface area contributed by atoms with Crippen LogP contribution >= 0.6 is 0 Å². The largest absolute Gasteiger partial charge is 0.468 e. The molecule has 1 rings (SSSR count). The number of esters is 1. The Labute approximate surface area is 122 Å². The van der Waals surface area contributed by atoms with Gasteiger partial charge in [-0.1, -0.05) is 0 Å². The average molecular weight is 286 g/mol. The van der Waals surface area contributed by atoms with E-state index in [2.05, 4.69) is 11.8 Å². The van der Waals surface area contributed by atoms with E-state index in [4.69, 9.17) is 15.2 Å². The van der Waals surface area contributed by atoms with Gasteiger partial charge in [0.15, 0.2) is 0 Å². The molecule has 1 saturated carbocycles. The smallest absolute Gasteiger partial charge is 0.325 e. The van der Waals surface area contributed by atoms with Gasteiger partial charge < -0.3 is 15.2 Å². The van der Waals surface area contributed by atoms with Gasteiger partial charge in [-0.2, -0.15) is 0 Å². The fourth-order valence-electron chi connectivity index (χ4n) is 2.59. The predicted molar refractivity (Wildman–Crippen MR) is 79.5 cm³/mol. The van der Waals surface area contributed by atoms with E-state index in [1.165, 1.54) is 20.0 Å². The summed E-state index contributed by atoms with van der Waals surface area (Å²) in [5.41, 5.74) is 5.10. The van der Waals surface area contributed by atoms with Gasteiger partial charge in [0.25, 0.3) is 0 Å². The summed E-state index contributed by atoms with van der Waals surface area (Å²) in [4.78, 5) is 14.0. The van der Waals surface area contributed by atoms with Gasteiger partial charge in [0.1, 0.15) is 5.54 Å². The first-order chi connectivity index (χ1) is 9.42. The number of hydrogen-bond donors (Lipinski definition) is 1. The van der Waals surface area contributed by atoms with Crippen molar-refractivity contribution in [3.05, 3.63) is 0 Å². The third kappa shape index (κ3) is 5.38. The summed E-state index contributed by atoms with van der Waals surface area (Å²) in [5.74, 6) is 0.493. The summed E-state index contributed by atoms with van der Waals surface area (Å²) in [6.07, 6.45) is 4.20. The maximum Gasteiger partial charge on any atom is 0.325 e. The van der Waals surface area contributed by atoms with Crippen LogP contribution in [0.4, 0.5) is 0 Å². The van der Waals surface area contributed by atoms with E-state index < -0.39 is 5.54 Å². The molecular weight excluding hydrogens is 256 g/mol. The van der Waals surface area contributed by atoms with Gasteiger partial charge in [-0.3, -0.25) is 9.69 Å². The van der Waals surface area contributed by atoms with Gasteiger partial charge in [-0.05, 0) is 52.0 Å². The lowest BCUT2D eigenvalue weighted by molar-refractivity contribution is -0.146. The third-order valence-corrected chi connectivity index (χ3v) is 4.26. The van der Waals surface area contributed by atoms with Crippen LogP contribution in [0.1, 0.15) is 39.5 Å². The Kier molecular flexibility index (Phi) is 6.92. The predicted octanol–water partition coefficient (Wildman–Crippen LogP) is 1.40. The van der Waals surface area contributed by atoms with Crippen LogP contribution in [-0.2, 0) is 14.3 Å². The highest BCUT2D eigenvalue weighted by atomic mass is 16.5. The van der Waals surface area contributed by atoms with Crippen molar-refractivity contribution in [2.75, 3.05) is 33.9 Å². The molecule has 1 aliphatic carbocycles. The molecule has 0 aromatic heterocycles. The fourth-order valence-corrected chi connectivity index (χ4v) is 2.59. The zero-order valence-electron chi connectivity index (χ0n) is 13.4. The van der Waals surface area contributed by atoms with Gasteiger partial charge >= 0.3 is 5.97 Å². The SMILES string of the molecule is COCCN(CCCC(C)(N)C(=O)OC)C(C)C1CC1. The Morgan fingerprint density at radius 2 is 2.05 bits per heavy atom. The van der Waals surface area contributed by atoms with Gasteiger partial charge in [0.2, 0.25) is 0 Å². The van der Waals surface area contributed by atoms with Gasteiger partial charge in [-0.25, -0.2) is 0 Å². The van der Waals surface area contributed by atoms with Crippen molar-refractivity contribution in [1.29, 1.82) is 0 Å². The molecule has 1 fully saturated rings. The second kappa shape index (κ2) is 7.96. The molecule has 0 spiro atoms. The summed E-state index contributed by atoms with van der Waals surface area (Å²) >= 11 is 0. The quantitative estimate of drug-likeness (QED) is 0.615. The summed E-state index contributed by atoms with van der Waals surface area (Å²) in [6.45, 7) is 6.66. The van der Waals surface area contributed by atoms with E-state index in [0.29, 0.717) is 12.5 Å². The zero-order valence-corrected chi connectivity index (χ0v) is 13.4. The minimum atomic E-state index is -0.884. The molecule has 5 heteroatoms. The van der Waals surface area contributed by atoms with E-state index in [9.17, 15) is 4.79 Å². The second-order valence-electron chi connectivity index (χ2n) is 6.12. The van der Waals surface area contributed by atoms with Crippen LogP contribution < -0.4 is 5.73 Å². The van der Waals surface area contributed by atoms with Gasteiger partial charge in [0, 0.05) is 19.7 Å².